The second-order valence-electron chi connectivity index (χ2n) is 7.04. The molecule has 0 aromatic heterocycles. The molecule has 3 rings (SSSR count). The molecule has 0 spiro atoms. The van der Waals surface area contributed by atoms with Gasteiger partial charge in [0.2, 0.25) is 0 Å². The normalized spacial score (nSPS) is 14.3. The number of hydrogen-bond acceptors (Lipinski definition) is 4. The monoisotopic (exact) mass is 524 g/mol. The number of piperazine rings is 1. The van der Waals surface area contributed by atoms with Crippen molar-refractivity contribution in [2.24, 2.45) is 4.99 Å². The Balaban J connectivity index is 0.00000320. The molecular formula is C23H33IN4O2. The second kappa shape index (κ2) is 12.6. The lowest BCUT2D eigenvalue weighted by atomic mass is 10.1. The Labute approximate surface area is 197 Å². The lowest BCUT2D eigenvalue weighted by Crippen LogP contribution is -2.52. The molecule has 1 fully saturated rings. The number of anilines is 1. The van der Waals surface area contributed by atoms with Gasteiger partial charge < -0.3 is 24.6 Å². The molecule has 0 bridgehead atoms. The van der Waals surface area contributed by atoms with E-state index in [0.29, 0.717) is 13.2 Å². The Morgan fingerprint density at radius 3 is 2.23 bits per heavy atom. The maximum absolute atomic E-state index is 5.32. The summed E-state index contributed by atoms with van der Waals surface area (Å²) in [7, 11) is 3.43. The van der Waals surface area contributed by atoms with Crippen LogP contribution in [-0.4, -0.2) is 57.8 Å². The third kappa shape index (κ3) is 6.50. The first-order chi connectivity index (χ1) is 14.2. The fourth-order valence-corrected chi connectivity index (χ4v) is 3.56. The van der Waals surface area contributed by atoms with Gasteiger partial charge in [0.1, 0.15) is 5.75 Å². The van der Waals surface area contributed by atoms with E-state index in [2.05, 4.69) is 52.4 Å². The molecule has 2 aromatic carbocycles. The summed E-state index contributed by atoms with van der Waals surface area (Å²) in [6.07, 6.45) is 0. The maximum Gasteiger partial charge on any atom is 0.194 e. The van der Waals surface area contributed by atoms with Gasteiger partial charge >= 0.3 is 0 Å². The van der Waals surface area contributed by atoms with Crippen LogP contribution in [0.15, 0.2) is 53.5 Å². The number of rotatable bonds is 7. The van der Waals surface area contributed by atoms with E-state index in [1.54, 1.807) is 14.2 Å². The van der Waals surface area contributed by atoms with Gasteiger partial charge in [-0.2, -0.15) is 0 Å². The number of aliphatic imine (C=N–C) groups is 1. The largest absolute Gasteiger partial charge is 0.497 e. The Hall–Kier alpha value is -2.00. The zero-order valence-electron chi connectivity index (χ0n) is 18.1. The summed E-state index contributed by atoms with van der Waals surface area (Å²) >= 11 is 0. The van der Waals surface area contributed by atoms with Crippen LogP contribution in [0.4, 0.5) is 5.69 Å². The molecule has 0 radical (unpaired) electrons. The van der Waals surface area contributed by atoms with Crippen molar-refractivity contribution in [2.75, 3.05) is 51.8 Å². The molecular weight excluding hydrogens is 491 g/mol. The minimum Gasteiger partial charge on any atom is -0.497 e. The van der Waals surface area contributed by atoms with Crippen LogP contribution in [0.3, 0.4) is 0 Å². The molecule has 1 aliphatic rings. The summed E-state index contributed by atoms with van der Waals surface area (Å²) in [6, 6.07) is 16.6. The number of halogens is 1. The lowest BCUT2D eigenvalue weighted by molar-refractivity contribution is 0.184. The van der Waals surface area contributed by atoms with Gasteiger partial charge in [0, 0.05) is 45.5 Å². The smallest absolute Gasteiger partial charge is 0.194 e. The third-order valence-corrected chi connectivity index (χ3v) is 5.17. The Morgan fingerprint density at radius 1 is 0.967 bits per heavy atom. The molecule has 1 saturated heterocycles. The molecule has 1 heterocycles. The number of nitrogens with one attached hydrogen (secondary N) is 1. The molecule has 2 aromatic rings. The van der Waals surface area contributed by atoms with Crippen molar-refractivity contribution in [1.29, 1.82) is 0 Å². The Morgan fingerprint density at radius 2 is 1.63 bits per heavy atom. The summed E-state index contributed by atoms with van der Waals surface area (Å²) in [5.41, 5.74) is 3.64. The predicted octanol–water partition coefficient (Wildman–Crippen LogP) is 3.75. The Bertz CT molecular complexity index is 790. The predicted molar refractivity (Wildman–Crippen MR) is 134 cm³/mol. The summed E-state index contributed by atoms with van der Waals surface area (Å²) in [5, 5.41) is 3.45. The fraction of sp³-hybridized carbons (Fsp3) is 0.435. The fourth-order valence-electron chi connectivity index (χ4n) is 3.56. The maximum atomic E-state index is 5.32. The number of methoxy groups -OCH3 is 2. The second-order valence-corrected chi connectivity index (χ2v) is 7.04. The third-order valence-electron chi connectivity index (χ3n) is 5.17. The van der Waals surface area contributed by atoms with Crippen LogP contribution in [0.1, 0.15) is 18.1 Å². The van der Waals surface area contributed by atoms with E-state index in [9.17, 15) is 0 Å². The highest BCUT2D eigenvalue weighted by Crippen LogP contribution is 2.20. The standard InChI is InChI=1S/C23H32N4O2.HI/c1-4-24-23(25-17-19-7-5-6-8-20(19)18-28-2)27-15-13-26(14-16-27)21-9-11-22(29-3)12-10-21;/h5-12H,4,13-18H2,1-3H3,(H,24,25);1H. The molecule has 1 N–H and O–H groups in total. The molecule has 6 nitrogen and oxygen atoms in total. The van der Waals surface area contributed by atoms with Crippen LogP contribution in [0, 0.1) is 0 Å². The van der Waals surface area contributed by atoms with Crippen molar-refractivity contribution in [3.05, 3.63) is 59.7 Å². The molecule has 7 heteroatoms. The van der Waals surface area contributed by atoms with Gasteiger partial charge in [-0.25, -0.2) is 4.99 Å². The van der Waals surface area contributed by atoms with E-state index in [1.807, 2.05) is 18.2 Å². The molecule has 0 amide bonds. The van der Waals surface area contributed by atoms with Gasteiger partial charge in [-0.3, -0.25) is 0 Å². The van der Waals surface area contributed by atoms with Crippen LogP contribution >= 0.6 is 24.0 Å². The minimum atomic E-state index is 0. The van der Waals surface area contributed by atoms with Crippen molar-refractivity contribution in [2.45, 2.75) is 20.1 Å². The zero-order chi connectivity index (χ0) is 20.5. The molecule has 30 heavy (non-hydrogen) atoms. The van der Waals surface area contributed by atoms with E-state index in [1.165, 1.54) is 16.8 Å². The van der Waals surface area contributed by atoms with Gasteiger partial charge in [-0.1, -0.05) is 24.3 Å². The van der Waals surface area contributed by atoms with E-state index in [4.69, 9.17) is 14.5 Å². The molecule has 0 saturated carbocycles. The highest BCUT2D eigenvalue weighted by atomic mass is 127. The lowest BCUT2D eigenvalue weighted by Gasteiger charge is -2.37. The quantitative estimate of drug-likeness (QED) is 0.340. The van der Waals surface area contributed by atoms with Crippen molar-refractivity contribution < 1.29 is 9.47 Å². The van der Waals surface area contributed by atoms with Gasteiger partial charge in [0.25, 0.3) is 0 Å². The molecule has 0 unspecified atom stereocenters. The topological polar surface area (TPSA) is 49.3 Å². The molecule has 164 valence electrons. The van der Waals surface area contributed by atoms with Crippen molar-refractivity contribution in [3.63, 3.8) is 0 Å². The summed E-state index contributed by atoms with van der Waals surface area (Å²) < 4.78 is 10.6. The minimum absolute atomic E-state index is 0. The average molecular weight is 524 g/mol. The summed E-state index contributed by atoms with van der Waals surface area (Å²) in [4.78, 5) is 9.67. The van der Waals surface area contributed by atoms with Crippen molar-refractivity contribution in [3.8, 4) is 5.75 Å². The van der Waals surface area contributed by atoms with Crippen LogP contribution in [0.25, 0.3) is 0 Å². The number of hydrogen-bond donors (Lipinski definition) is 1. The number of benzene rings is 2. The SMILES string of the molecule is CCNC(=NCc1ccccc1COC)N1CCN(c2ccc(OC)cc2)CC1.I. The van der Waals surface area contributed by atoms with Crippen molar-refractivity contribution in [1.82, 2.24) is 10.2 Å². The van der Waals surface area contributed by atoms with Gasteiger partial charge in [0.05, 0.1) is 20.3 Å². The van der Waals surface area contributed by atoms with Crippen LogP contribution in [0.2, 0.25) is 0 Å². The first-order valence-electron chi connectivity index (χ1n) is 10.2. The number of ether oxygens (including phenoxy) is 2. The zero-order valence-corrected chi connectivity index (χ0v) is 20.5. The van der Waals surface area contributed by atoms with E-state index >= 15 is 0 Å². The highest BCUT2D eigenvalue weighted by Gasteiger charge is 2.20. The van der Waals surface area contributed by atoms with E-state index in [-0.39, 0.29) is 24.0 Å². The van der Waals surface area contributed by atoms with Crippen LogP contribution < -0.4 is 15.0 Å². The first-order valence-corrected chi connectivity index (χ1v) is 10.2. The Kier molecular flexibility index (Phi) is 10.2. The molecule has 0 atom stereocenters. The van der Waals surface area contributed by atoms with Crippen molar-refractivity contribution >= 4 is 35.6 Å². The van der Waals surface area contributed by atoms with E-state index < -0.39 is 0 Å². The van der Waals surface area contributed by atoms with Crippen LogP contribution in [0.5, 0.6) is 5.75 Å². The summed E-state index contributed by atoms with van der Waals surface area (Å²) in [6.45, 7) is 8.06. The number of guanidine groups is 1. The highest BCUT2D eigenvalue weighted by molar-refractivity contribution is 14.0. The summed E-state index contributed by atoms with van der Waals surface area (Å²) in [5.74, 6) is 1.87. The van der Waals surface area contributed by atoms with Gasteiger partial charge in [0.15, 0.2) is 5.96 Å². The average Bonchev–Trinajstić information content (AvgIpc) is 2.78. The molecule has 1 aliphatic heterocycles. The van der Waals surface area contributed by atoms with Crippen LogP contribution in [-0.2, 0) is 17.9 Å². The van der Waals surface area contributed by atoms with Gasteiger partial charge in [-0.05, 0) is 42.3 Å². The molecule has 0 aliphatic carbocycles. The number of nitrogens with zero attached hydrogens (tertiary/aromatic N) is 3. The van der Waals surface area contributed by atoms with E-state index in [0.717, 1.165) is 44.4 Å². The first kappa shape index (κ1) is 24.3. The van der Waals surface area contributed by atoms with Gasteiger partial charge in [-0.15, -0.1) is 24.0 Å².